The van der Waals surface area contributed by atoms with Gasteiger partial charge >= 0.3 is 0 Å². The van der Waals surface area contributed by atoms with Gasteiger partial charge in [0.15, 0.2) is 17.8 Å². The molecule has 4 heteroatoms. The number of benzene rings is 2. The minimum atomic E-state index is -0.138. The molecule has 0 heterocycles. The van der Waals surface area contributed by atoms with Crippen LogP contribution in [0.25, 0.3) is 11.1 Å². The van der Waals surface area contributed by atoms with Gasteiger partial charge in [-0.15, -0.1) is 0 Å². The molecule has 0 amide bonds. The van der Waals surface area contributed by atoms with Crippen LogP contribution in [0, 0.1) is 17.8 Å². The lowest BCUT2D eigenvalue weighted by atomic mass is 9.48. The fourth-order valence-electron chi connectivity index (χ4n) is 6.62. The molecule has 4 saturated carbocycles. The van der Waals surface area contributed by atoms with E-state index in [0.29, 0.717) is 12.0 Å². The van der Waals surface area contributed by atoms with Crippen molar-refractivity contribution in [3.8, 4) is 28.4 Å². The molecular formula is C24H26O4. The van der Waals surface area contributed by atoms with Crippen LogP contribution < -0.4 is 4.74 Å². The molecule has 4 bridgehead atoms. The second kappa shape index (κ2) is 6.26. The molecule has 146 valence electrons. The maximum atomic E-state index is 11.4. The minimum Gasteiger partial charge on any atom is -0.508 e. The number of phenolic OH excluding ortho intramolecular Hbond substituents is 2. The average molecular weight is 378 g/mol. The van der Waals surface area contributed by atoms with Gasteiger partial charge in [-0.2, -0.15) is 0 Å². The van der Waals surface area contributed by atoms with Gasteiger partial charge in [-0.25, -0.2) is 0 Å². The summed E-state index contributed by atoms with van der Waals surface area (Å²) in [5.41, 5.74) is 3.10. The van der Waals surface area contributed by atoms with Crippen LogP contribution in [0.1, 0.15) is 54.4 Å². The summed E-state index contributed by atoms with van der Waals surface area (Å²) in [6.07, 6.45) is 8.24. The first-order valence-electron chi connectivity index (χ1n) is 10.2. The second-order valence-electron chi connectivity index (χ2n) is 9.16. The maximum Gasteiger partial charge on any atom is 0.168 e. The van der Waals surface area contributed by atoms with Crippen molar-refractivity contribution < 1.29 is 19.7 Å². The molecule has 0 aromatic heterocycles. The van der Waals surface area contributed by atoms with E-state index in [0.717, 1.165) is 34.4 Å². The molecule has 0 unspecified atom stereocenters. The predicted molar refractivity (Wildman–Crippen MR) is 107 cm³/mol. The zero-order chi connectivity index (χ0) is 19.5. The summed E-state index contributed by atoms with van der Waals surface area (Å²) in [6, 6.07) is 9.19. The molecule has 2 aromatic rings. The highest BCUT2D eigenvalue weighted by molar-refractivity contribution is 5.85. The summed E-state index contributed by atoms with van der Waals surface area (Å²) in [5, 5.41) is 20.9. The Bertz CT molecular complexity index is 911. The van der Waals surface area contributed by atoms with Crippen LogP contribution in [-0.4, -0.2) is 23.6 Å². The van der Waals surface area contributed by atoms with Gasteiger partial charge in [0.05, 0.1) is 12.7 Å². The number of ether oxygens (including phenoxy) is 1. The molecule has 0 aliphatic heterocycles. The summed E-state index contributed by atoms with van der Waals surface area (Å²) in [6.45, 7) is 0. The third-order valence-electron chi connectivity index (χ3n) is 7.39. The molecule has 4 aliphatic rings. The van der Waals surface area contributed by atoms with Crippen LogP contribution in [0.5, 0.6) is 17.2 Å². The number of aromatic hydroxyl groups is 2. The number of methoxy groups -OCH3 is 1. The van der Waals surface area contributed by atoms with Crippen LogP contribution in [0.2, 0.25) is 0 Å². The first-order valence-corrected chi connectivity index (χ1v) is 10.2. The molecule has 28 heavy (non-hydrogen) atoms. The van der Waals surface area contributed by atoms with Crippen molar-refractivity contribution in [2.45, 2.75) is 43.9 Å². The first-order chi connectivity index (χ1) is 13.5. The van der Waals surface area contributed by atoms with Gasteiger partial charge < -0.3 is 14.9 Å². The Morgan fingerprint density at radius 3 is 2.18 bits per heavy atom. The fourth-order valence-corrected chi connectivity index (χ4v) is 6.62. The largest absolute Gasteiger partial charge is 0.508 e. The molecule has 0 radical (unpaired) electrons. The third-order valence-corrected chi connectivity index (χ3v) is 7.39. The van der Waals surface area contributed by atoms with Crippen molar-refractivity contribution in [2.75, 3.05) is 7.11 Å². The zero-order valence-electron chi connectivity index (χ0n) is 16.1. The van der Waals surface area contributed by atoms with Crippen molar-refractivity contribution in [1.82, 2.24) is 0 Å². The van der Waals surface area contributed by atoms with E-state index in [1.54, 1.807) is 18.2 Å². The Balaban J connectivity index is 1.60. The molecule has 0 spiro atoms. The Labute approximate surface area is 165 Å². The van der Waals surface area contributed by atoms with Gasteiger partial charge in [0.25, 0.3) is 0 Å². The van der Waals surface area contributed by atoms with E-state index in [1.807, 2.05) is 6.07 Å². The number of phenols is 2. The topological polar surface area (TPSA) is 66.8 Å². The lowest BCUT2D eigenvalue weighted by Gasteiger charge is -2.57. The Kier molecular flexibility index (Phi) is 3.94. The van der Waals surface area contributed by atoms with Gasteiger partial charge in [-0.05, 0) is 97.1 Å². The molecule has 2 N–H and O–H groups in total. The fraction of sp³-hybridized carbons (Fsp3) is 0.458. The van der Waals surface area contributed by atoms with Crippen LogP contribution in [0.4, 0.5) is 0 Å². The number of carbonyl (C=O) groups is 1. The van der Waals surface area contributed by atoms with Crippen molar-refractivity contribution in [3.63, 3.8) is 0 Å². The summed E-state index contributed by atoms with van der Waals surface area (Å²) < 4.78 is 5.25. The Morgan fingerprint density at radius 1 is 0.964 bits per heavy atom. The van der Waals surface area contributed by atoms with Gasteiger partial charge in [0.1, 0.15) is 5.75 Å². The highest BCUT2D eigenvalue weighted by Gasteiger charge is 2.52. The normalized spacial score (nSPS) is 30.4. The van der Waals surface area contributed by atoms with Gasteiger partial charge in [-0.3, -0.25) is 4.79 Å². The number of hydrogen-bond donors (Lipinski definition) is 2. The average Bonchev–Trinajstić information content (AvgIpc) is 2.67. The molecule has 4 nitrogen and oxygen atoms in total. The van der Waals surface area contributed by atoms with E-state index in [9.17, 15) is 15.0 Å². The lowest BCUT2D eigenvalue weighted by Crippen LogP contribution is -2.48. The predicted octanol–water partition coefficient (Wildman–Crippen LogP) is 5.05. The Hall–Kier alpha value is -2.49. The minimum absolute atomic E-state index is 0.0866. The summed E-state index contributed by atoms with van der Waals surface area (Å²) in [5.74, 6) is 2.91. The van der Waals surface area contributed by atoms with Crippen LogP contribution in [0.3, 0.4) is 0 Å². The molecule has 0 atom stereocenters. The molecule has 4 aliphatic carbocycles. The van der Waals surface area contributed by atoms with E-state index < -0.39 is 0 Å². The lowest BCUT2D eigenvalue weighted by molar-refractivity contribution is -0.00611. The summed E-state index contributed by atoms with van der Waals surface area (Å²) in [7, 11) is 1.48. The Morgan fingerprint density at radius 2 is 1.61 bits per heavy atom. The van der Waals surface area contributed by atoms with Crippen molar-refractivity contribution in [3.05, 3.63) is 41.5 Å². The molecule has 6 rings (SSSR count). The molecule has 0 saturated heterocycles. The summed E-state index contributed by atoms with van der Waals surface area (Å²) >= 11 is 0. The first kappa shape index (κ1) is 17.6. The highest BCUT2D eigenvalue weighted by atomic mass is 16.5. The van der Waals surface area contributed by atoms with Gasteiger partial charge in [0, 0.05) is 5.56 Å². The smallest absolute Gasteiger partial charge is 0.168 e. The number of rotatable bonds is 4. The van der Waals surface area contributed by atoms with E-state index >= 15 is 0 Å². The molecule has 4 fully saturated rings. The van der Waals surface area contributed by atoms with Crippen molar-refractivity contribution in [2.24, 2.45) is 17.8 Å². The van der Waals surface area contributed by atoms with E-state index in [1.165, 1.54) is 45.6 Å². The quantitative estimate of drug-likeness (QED) is 0.730. The van der Waals surface area contributed by atoms with E-state index in [2.05, 4.69) is 6.07 Å². The van der Waals surface area contributed by atoms with E-state index in [4.69, 9.17) is 4.74 Å². The molecule has 2 aromatic carbocycles. The van der Waals surface area contributed by atoms with E-state index in [-0.39, 0.29) is 22.5 Å². The SMILES string of the molecule is COc1cc(-c2ccc(O)c(C34CC5CC(CC(C5)C3)C4)c2)cc(C=O)c1O. The third kappa shape index (κ3) is 2.61. The van der Waals surface area contributed by atoms with Crippen molar-refractivity contribution in [1.29, 1.82) is 0 Å². The maximum absolute atomic E-state index is 11.4. The highest BCUT2D eigenvalue weighted by Crippen LogP contribution is 2.62. The van der Waals surface area contributed by atoms with Crippen LogP contribution >= 0.6 is 0 Å². The van der Waals surface area contributed by atoms with Crippen molar-refractivity contribution >= 4 is 6.29 Å². The van der Waals surface area contributed by atoms with Gasteiger partial charge in [0.2, 0.25) is 0 Å². The summed E-state index contributed by atoms with van der Waals surface area (Å²) in [4.78, 5) is 11.4. The number of carbonyl (C=O) groups excluding carboxylic acids is 1. The number of aldehydes is 1. The zero-order valence-corrected chi connectivity index (χ0v) is 16.1. The monoisotopic (exact) mass is 378 g/mol. The standard InChI is InChI=1S/C24H26O4/c1-28-22-9-18(7-19(13-25)23(22)27)17-2-3-21(26)20(8-17)24-10-14-4-15(11-24)6-16(5-14)12-24/h2-3,7-9,13-16,26-27H,4-6,10-12H2,1H3. The molecular weight excluding hydrogens is 352 g/mol. The van der Waals surface area contributed by atoms with Crippen LogP contribution in [0.15, 0.2) is 30.3 Å². The number of hydrogen-bond acceptors (Lipinski definition) is 4. The van der Waals surface area contributed by atoms with Crippen LogP contribution in [-0.2, 0) is 5.41 Å². The second-order valence-corrected chi connectivity index (χ2v) is 9.16. The van der Waals surface area contributed by atoms with Gasteiger partial charge in [-0.1, -0.05) is 6.07 Å².